The second-order valence-corrected chi connectivity index (χ2v) is 9.42. The van der Waals surface area contributed by atoms with E-state index in [-0.39, 0.29) is 43.4 Å². The van der Waals surface area contributed by atoms with Gasteiger partial charge in [0.05, 0.1) is 12.1 Å². The molecule has 6 atom stereocenters. The molecule has 0 aliphatic rings. The van der Waals surface area contributed by atoms with Gasteiger partial charge >= 0.3 is 5.97 Å². The second kappa shape index (κ2) is 16.1. The molecule has 0 heterocycles. The molecule has 14 nitrogen and oxygen atoms in total. The highest BCUT2D eigenvalue weighted by molar-refractivity contribution is 5.94. The molecule has 0 aliphatic carbocycles. The van der Waals surface area contributed by atoms with Crippen LogP contribution in [0.3, 0.4) is 0 Å². The second-order valence-electron chi connectivity index (χ2n) is 9.42. The molecule has 12 N–H and O–H groups in total. The maximum atomic E-state index is 13.4. The first kappa shape index (κ1) is 33.1. The number of aliphatic hydroxyl groups is 1. The van der Waals surface area contributed by atoms with Crippen molar-refractivity contribution < 1.29 is 34.5 Å². The molecule has 1 aromatic rings. The van der Waals surface area contributed by atoms with Crippen molar-refractivity contribution in [1.82, 2.24) is 16.0 Å². The number of phenolic OH excluding ortho intramolecular Hbond substituents is 1. The van der Waals surface area contributed by atoms with Gasteiger partial charge in [0.2, 0.25) is 17.7 Å². The topological polar surface area (TPSA) is 255 Å². The third kappa shape index (κ3) is 11.6. The molecule has 3 amide bonds. The van der Waals surface area contributed by atoms with Gasteiger partial charge in [-0.1, -0.05) is 32.4 Å². The lowest BCUT2D eigenvalue weighted by molar-refractivity contribution is -0.145. The normalized spacial score (nSPS) is 15.5. The van der Waals surface area contributed by atoms with Crippen molar-refractivity contribution in [3.8, 4) is 5.75 Å². The molecule has 0 aliphatic heterocycles. The summed E-state index contributed by atoms with van der Waals surface area (Å²) in [4.78, 5) is 54.5. The molecular formula is C25H41N7O7. The van der Waals surface area contributed by atoms with E-state index in [4.69, 9.17) is 17.2 Å². The van der Waals surface area contributed by atoms with Gasteiger partial charge in [-0.3, -0.25) is 19.4 Å². The maximum absolute atomic E-state index is 13.4. The molecule has 1 rings (SSSR count). The average Bonchev–Trinajstić information content (AvgIpc) is 2.87. The van der Waals surface area contributed by atoms with Crippen molar-refractivity contribution in [3.05, 3.63) is 29.8 Å². The molecule has 218 valence electrons. The fraction of sp³-hybridized carbons (Fsp3) is 0.560. The Kier molecular flexibility index (Phi) is 13.7. The van der Waals surface area contributed by atoms with Crippen LogP contribution in [-0.2, 0) is 25.6 Å². The molecule has 0 fully saturated rings. The van der Waals surface area contributed by atoms with Gasteiger partial charge in [0.15, 0.2) is 12.0 Å². The molecular weight excluding hydrogens is 510 g/mol. The number of hydrogen-bond acceptors (Lipinski definition) is 8. The van der Waals surface area contributed by atoms with Crippen LogP contribution in [0.1, 0.15) is 45.6 Å². The van der Waals surface area contributed by atoms with Crippen LogP contribution in [-0.4, -0.2) is 81.8 Å². The van der Waals surface area contributed by atoms with E-state index >= 15 is 0 Å². The van der Waals surface area contributed by atoms with E-state index in [1.807, 2.05) is 6.92 Å². The number of amides is 3. The Balaban J connectivity index is 3.20. The number of aromatic hydroxyl groups is 1. The summed E-state index contributed by atoms with van der Waals surface area (Å²) in [6, 6.07) is 1.12. The molecule has 0 radical (unpaired) electrons. The Morgan fingerprint density at radius 2 is 1.51 bits per heavy atom. The van der Waals surface area contributed by atoms with Gasteiger partial charge in [-0.15, -0.1) is 0 Å². The van der Waals surface area contributed by atoms with Crippen molar-refractivity contribution in [2.45, 2.75) is 76.7 Å². The van der Waals surface area contributed by atoms with Crippen LogP contribution >= 0.6 is 0 Å². The number of aliphatic carboxylic acids is 1. The zero-order valence-corrected chi connectivity index (χ0v) is 22.5. The highest BCUT2D eigenvalue weighted by Gasteiger charge is 2.32. The van der Waals surface area contributed by atoms with Crippen LogP contribution in [0.4, 0.5) is 0 Å². The minimum absolute atomic E-state index is 0.0127. The number of carboxylic acid groups (broad SMARTS) is 1. The number of hydrogen-bond donors (Lipinski definition) is 9. The number of nitrogens with one attached hydrogen (secondary N) is 3. The van der Waals surface area contributed by atoms with E-state index in [1.54, 1.807) is 19.1 Å². The summed E-state index contributed by atoms with van der Waals surface area (Å²) >= 11 is 0. The molecule has 0 spiro atoms. The zero-order chi connectivity index (χ0) is 29.7. The van der Waals surface area contributed by atoms with Crippen molar-refractivity contribution in [2.75, 3.05) is 6.54 Å². The highest BCUT2D eigenvalue weighted by atomic mass is 16.4. The summed E-state index contributed by atoms with van der Waals surface area (Å²) in [5.74, 6) is -3.89. The van der Waals surface area contributed by atoms with Crippen LogP contribution in [0.15, 0.2) is 29.3 Å². The van der Waals surface area contributed by atoms with E-state index in [0.29, 0.717) is 12.0 Å². The summed E-state index contributed by atoms with van der Waals surface area (Å²) in [6.07, 6.45) is -0.495. The molecule has 39 heavy (non-hydrogen) atoms. The van der Waals surface area contributed by atoms with Gasteiger partial charge in [0.1, 0.15) is 17.8 Å². The van der Waals surface area contributed by atoms with Crippen LogP contribution in [0.25, 0.3) is 0 Å². The third-order valence-corrected chi connectivity index (χ3v) is 6.19. The summed E-state index contributed by atoms with van der Waals surface area (Å²) in [5.41, 5.74) is 17.3. The summed E-state index contributed by atoms with van der Waals surface area (Å²) in [7, 11) is 0. The SMILES string of the molecule is CCC(C)C(N)C(=O)NC(Cc1ccc(O)cc1)C(=O)NC(CCCN=C(N)N)C(=O)NC(C(=O)O)C(C)O. The number of rotatable bonds is 16. The third-order valence-electron chi connectivity index (χ3n) is 6.19. The number of carbonyl (C=O) groups is 4. The van der Waals surface area contributed by atoms with Crippen LogP contribution in [0.5, 0.6) is 5.75 Å². The van der Waals surface area contributed by atoms with Crippen molar-refractivity contribution in [2.24, 2.45) is 28.1 Å². The van der Waals surface area contributed by atoms with E-state index in [9.17, 15) is 34.5 Å². The Morgan fingerprint density at radius 3 is 2.03 bits per heavy atom. The van der Waals surface area contributed by atoms with Gasteiger partial charge in [-0.25, -0.2) is 4.79 Å². The Labute approximate surface area is 227 Å². The fourth-order valence-electron chi connectivity index (χ4n) is 3.54. The number of guanidine groups is 1. The molecule has 14 heteroatoms. The number of phenols is 1. The molecule has 0 saturated heterocycles. The molecule has 0 saturated carbocycles. The lowest BCUT2D eigenvalue weighted by Crippen LogP contribution is -2.59. The largest absolute Gasteiger partial charge is 0.508 e. The Morgan fingerprint density at radius 1 is 0.949 bits per heavy atom. The van der Waals surface area contributed by atoms with E-state index < -0.39 is 54.0 Å². The van der Waals surface area contributed by atoms with Gasteiger partial charge in [0, 0.05) is 13.0 Å². The predicted octanol–water partition coefficient (Wildman–Crippen LogP) is -1.72. The van der Waals surface area contributed by atoms with Crippen LogP contribution < -0.4 is 33.2 Å². The standard InChI is InChI=1S/C25H41N7O7/c1-4-13(2)19(26)23(37)31-18(12-15-7-9-16(34)10-8-15)22(36)30-17(6-5-11-29-25(27)28)21(35)32-20(14(3)33)24(38)39/h7-10,13-14,17-20,33-34H,4-6,11-12,26H2,1-3H3,(H,30,36)(H,31,37)(H,32,35)(H,38,39)(H4,27,28,29). The maximum Gasteiger partial charge on any atom is 0.328 e. The summed E-state index contributed by atoms with van der Waals surface area (Å²) in [5, 5.41) is 36.1. The predicted molar refractivity (Wildman–Crippen MR) is 144 cm³/mol. The molecule has 6 unspecified atom stereocenters. The monoisotopic (exact) mass is 551 g/mol. The molecule has 0 aromatic heterocycles. The van der Waals surface area contributed by atoms with E-state index in [1.165, 1.54) is 19.1 Å². The fourth-order valence-corrected chi connectivity index (χ4v) is 3.54. The van der Waals surface area contributed by atoms with Crippen molar-refractivity contribution >= 4 is 29.7 Å². The van der Waals surface area contributed by atoms with Gasteiger partial charge < -0.3 is 48.5 Å². The summed E-state index contributed by atoms with van der Waals surface area (Å²) in [6.45, 7) is 5.02. The number of carbonyl (C=O) groups excluding carboxylic acids is 3. The smallest absolute Gasteiger partial charge is 0.328 e. The lowest BCUT2D eigenvalue weighted by Gasteiger charge is -2.26. The lowest BCUT2D eigenvalue weighted by atomic mass is 9.98. The first-order chi connectivity index (χ1) is 18.3. The average molecular weight is 552 g/mol. The van der Waals surface area contributed by atoms with Crippen LogP contribution in [0.2, 0.25) is 0 Å². The van der Waals surface area contributed by atoms with Crippen molar-refractivity contribution in [3.63, 3.8) is 0 Å². The minimum Gasteiger partial charge on any atom is -0.508 e. The highest BCUT2D eigenvalue weighted by Crippen LogP contribution is 2.13. The van der Waals surface area contributed by atoms with Crippen molar-refractivity contribution in [1.29, 1.82) is 0 Å². The first-order valence-electron chi connectivity index (χ1n) is 12.7. The van der Waals surface area contributed by atoms with E-state index in [0.717, 1.165) is 0 Å². The van der Waals surface area contributed by atoms with E-state index in [2.05, 4.69) is 20.9 Å². The number of benzene rings is 1. The quantitative estimate of drug-likeness (QED) is 0.0638. The van der Waals surface area contributed by atoms with Gasteiger partial charge in [0.25, 0.3) is 0 Å². The Bertz CT molecular complexity index is 997. The van der Waals surface area contributed by atoms with Crippen LogP contribution in [0, 0.1) is 5.92 Å². The van der Waals surface area contributed by atoms with Gasteiger partial charge in [-0.2, -0.15) is 0 Å². The Hall–Kier alpha value is -3.91. The minimum atomic E-state index is -1.62. The molecule has 1 aromatic carbocycles. The number of aliphatic imine (C=N–C) groups is 1. The number of nitrogens with zero attached hydrogens (tertiary/aromatic N) is 1. The number of carboxylic acids is 1. The zero-order valence-electron chi connectivity index (χ0n) is 22.5. The number of nitrogens with two attached hydrogens (primary N) is 3. The molecule has 0 bridgehead atoms. The van der Waals surface area contributed by atoms with Gasteiger partial charge in [-0.05, 0) is 43.4 Å². The first-order valence-corrected chi connectivity index (χ1v) is 12.7. The number of aliphatic hydroxyl groups excluding tert-OH is 1. The summed E-state index contributed by atoms with van der Waals surface area (Å²) < 4.78 is 0.